The molecular weight excluding hydrogens is 218 g/mol. The molecule has 0 atom stereocenters. The molecule has 0 amide bonds. The minimum absolute atomic E-state index is 0.183. The molecule has 3 N–H and O–H groups in total. The van der Waals surface area contributed by atoms with Crippen LogP contribution in [0.5, 0.6) is 0 Å². The molecule has 5 heteroatoms. The van der Waals surface area contributed by atoms with Crippen molar-refractivity contribution in [2.24, 2.45) is 5.41 Å². The summed E-state index contributed by atoms with van der Waals surface area (Å²) in [6.45, 7) is 6.00. The number of rotatable bonds is 2. The first-order valence-corrected chi connectivity index (χ1v) is 5.63. The van der Waals surface area contributed by atoms with E-state index in [2.05, 4.69) is 18.8 Å². The molecule has 0 bridgehead atoms. The van der Waals surface area contributed by atoms with Crippen LogP contribution in [0, 0.1) is 5.41 Å². The summed E-state index contributed by atoms with van der Waals surface area (Å²) in [4.78, 5) is 17.4. The molecule has 1 fully saturated rings. The molecule has 1 saturated heterocycles. The highest BCUT2D eigenvalue weighted by molar-refractivity contribution is 5.94. The zero-order valence-corrected chi connectivity index (χ0v) is 10.1. The van der Waals surface area contributed by atoms with Gasteiger partial charge in [-0.1, -0.05) is 13.8 Å². The van der Waals surface area contributed by atoms with Gasteiger partial charge in [0.2, 0.25) is 0 Å². The highest BCUT2D eigenvalue weighted by Crippen LogP contribution is 2.33. The molecule has 1 aliphatic rings. The fraction of sp³-hybridized carbons (Fsp3) is 0.500. The number of aromatic nitrogens is 1. The second kappa shape index (κ2) is 3.91. The second-order valence-electron chi connectivity index (χ2n) is 5.28. The Hall–Kier alpha value is -1.78. The minimum atomic E-state index is -0.982. The van der Waals surface area contributed by atoms with E-state index in [1.165, 1.54) is 12.3 Å². The lowest BCUT2D eigenvalue weighted by molar-refractivity contribution is 0.0697. The summed E-state index contributed by atoms with van der Waals surface area (Å²) in [5.41, 5.74) is 6.34. The molecule has 2 heterocycles. The largest absolute Gasteiger partial charge is 0.478 e. The molecule has 0 saturated carbocycles. The second-order valence-corrected chi connectivity index (χ2v) is 5.28. The highest BCUT2D eigenvalue weighted by atomic mass is 16.4. The predicted octanol–water partition coefficient (Wildman–Crippen LogP) is 1.60. The van der Waals surface area contributed by atoms with Gasteiger partial charge in [0.15, 0.2) is 0 Å². The van der Waals surface area contributed by atoms with Crippen molar-refractivity contribution >= 4 is 17.5 Å². The molecular formula is C12H17N3O2. The number of nitrogens with zero attached hydrogens (tertiary/aromatic N) is 2. The van der Waals surface area contributed by atoms with Gasteiger partial charge in [-0.3, -0.25) is 0 Å². The van der Waals surface area contributed by atoms with Crippen molar-refractivity contribution in [2.75, 3.05) is 23.7 Å². The molecule has 0 aromatic carbocycles. The number of carboxylic acid groups (broad SMARTS) is 1. The number of pyridine rings is 1. The fourth-order valence-corrected chi connectivity index (χ4v) is 2.18. The quantitative estimate of drug-likeness (QED) is 0.813. The molecule has 92 valence electrons. The number of hydrogen-bond acceptors (Lipinski definition) is 4. The number of carboxylic acids is 1. The van der Waals surface area contributed by atoms with E-state index in [4.69, 9.17) is 10.8 Å². The summed E-state index contributed by atoms with van der Waals surface area (Å²) in [5, 5.41) is 9.16. The Morgan fingerprint density at radius 2 is 2.29 bits per heavy atom. The molecule has 5 nitrogen and oxygen atoms in total. The summed E-state index contributed by atoms with van der Waals surface area (Å²) in [7, 11) is 0. The lowest BCUT2D eigenvalue weighted by Gasteiger charge is -2.22. The Kier molecular flexibility index (Phi) is 2.69. The van der Waals surface area contributed by atoms with Gasteiger partial charge in [0.25, 0.3) is 0 Å². The van der Waals surface area contributed by atoms with E-state index in [9.17, 15) is 4.79 Å². The van der Waals surface area contributed by atoms with Crippen molar-refractivity contribution in [1.29, 1.82) is 0 Å². The van der Waals surface area contributed by atoms with E-state index in [1.807, 2.05) is 4.90 Å². The monoisotopic (exact) mass is 235 g/mol. The van der Waals surface area contributed by atoms with Crippen LogP contribution < -0.4 is 10.6 Å². The average Bonchev–Trinajstić information content (AvgIpc) is 2.58. The zero-order chi connectivity index (χ0) is 12.6. The minimum Gasteiger partial charge on any atom is -0.478 e. The van der Waals surface area contributed by atoms with Crippen LogP contribution in [0.2, 0.25) is 0 Å². The van der Waals surface area contributed by atoms with E-state index < -0.39 is 5.97 Å². The fourth-order valence-electron chi connectivity index (χ4n) is 2.18. The van der Waals surface area contributed by atoms with Gasteiger partial charge in [-0.25, -0.2) is 9.78 Å². The Bertz CT molecular complexity index is 457. The molecule has 0 spiro atoms. The normalized spacial score (nSPS) is 18.4. The van der Waals surface area contributed by atoms with Crippen LogP contribution in [0.1, 0.15) is 30.6 Å². The zero-order valence-electron chi connectivity index (χ0n) is 10.1. The third-order valence-corrected chi connectivity index (χ3v) is 3.10. The molecule has 17 heavy (non-hydrogen) atoms. The van der Waals surface area contributed by atoms with Crippen molar-refractivity contribution in [3.8, 4) is 0 Å². The first-order chi connectivity index (χ1) is 7.89. The van der Waals surface area contributed by atoms with Gasteiger partial charge >= 0.3 is 5.97 Å². The van der Waals surface area contributed by atoms with Crippen LogP contribution in [0.25, 0.3) is 0 Å². The van der Waals surface area contributed by atoms with Gasteiger partial charge in [-0.2, -0.15) is 0 Å². The molecule has 0 aliphatic carbocycles. The van der Waals surface area contributed by atoms with E-state index in [0.717, 1.165) is 19.5 Å². The van der Waals surface area contributed by atoms with Gasteiger partial charge in [0, 0.05) is 13.1 Å². The maximum Gasteiger partial charge on any atom is 0.339 e. The summed E-state index contributed by atoms with van der Waals surface area (Å²) in [6.07, 6.45) is 2.55. The molecule has 0 radical (unpaired) electrons. The molecule has 0 unspecified atom stereocenters. The lowest BCUT2D eigenvalue weighted by Crippen LogP contribution is -2.25. The van der Waals surface area contributed by atoms with Crippen LogP contribution in [0.3, 0.4) is 0 Å². The molecule has 1 aromatic heterocycles. The van der Waals surface area contributed by atoms with Gasteiger partial charge in [-0.15, -0.1) is 0 Å². The van der Waals surface area contributed by atoms with Crippen LogP contribution in [0.4, 0.5) is 11.5 Å². The Balaban J connectivity index is 2.36. The Morgan fingerprint density at radius 3 is 2.82 bits per heavy atom. The van der Waals surface area contributed by atoms with Crippen molar-refractivity contribution < 1.29 is 9.90 Å². The van der Waals surface area contributed by atoms with Gasteiger partial charge in [-0.05, 0) is 17.9 Å². The first kappa shape index (κ1) is 11.7. The van der Waals surface area contributed by atoms with E-state index >= 15 is 0 Å². The summed E-state index contributed by atoms with van der Waals surface area (Å²) < 4.78 is 0. The lowest BCUT2D eigenvalue weighted by atomic mass is 9.93. The number of nitrogen functional groups attached to an aromatic ring is 1. The smallest absolute Gasteiger partial charge is 0.339 e. The van der Waals surface area contributed by atoms with Crippen LogP contribution in [0.15, 0.2) is 12.3 Å². The summed E-state index contributed by atoms with van der Waals surface area (Å²) >= 11 is 0. The molecule has 1 aliphatic heterocycles. The summed E-state index contributed by atoms with van der Waals surface area (Å²) in [6, 6.07) is 1.47. The maximum absolute atomic E-state index is 11.2. The Labute approximate surface area is 100 Å². The van der Waals surface area contributed by atoms with Gasteiger partial charge in [0.1, 0.15) is 11.4 Å². The molecule has 2 rings (SSSR count). The standard InChI is InChI=1S/C12H17N3O2/c1-12(2)3-4-15(7-12)10-9(11(16)17)5-8(13)6-14-10/h5-6H,3-4,7,13H2,1-2H3,(H,16,17). The van der Waals surface area contributed by atoms with Crippen molar-refractivity contribution in [2.45, 2.75) is 20.3 Å². The third kappa shape index (κ3) is 2.33. The Morgan fingerprint density at radius 1 is 1.59 bits per heavy atom. The van der Waals surface area contributed by atoms with Crippen molar-refractivity contribution in [1.82, 2.24) is 4.98 Å². The first-order valence-electron chi connectivity index (χ1n) is 5.63. The number of carbonyl (C=O) groups is 1. The molecule has 1 aromatic rings. The van der Waals surface area contributed by atoms with E-state index in [-0.39, 0.29) is 11.0 Å². The topological polar surface area (TPSA) is 79.5 Å². The number of anilines is 2. The number of aromatic carboxylic acids is 1. The number of nitrogens with two attached hydrogens (primary N) is 1. The van der Waals surface area contributed by atoms with E-state index in [0.29, 0.717) is 11.5 Å². The van der Waals surface area contributed by atoms with Crippen LogP contribution in [-0.4, -0.2) is 29.1 Å². The average molecular weight is 235 g/mol. The third-order valence-electron chi connectivity index (χ3n) is 3.10. The highest BCUT2D eigenvalue weighted by Gasteiger charge is 2.31. The number of hydrogen-bond donors (Lipinski definition) is 2. The van der Waals surface area contributed by atoms with E-state index in [1.54, 1.807) is 0 Å². The van der Waals surface area contributed by atoms with Crippen LogP contribution >= 0.6 is 0 Å². The van der Waals surface area contributed by atoms with Crippen molar-refractivity contribution in [3.63, 3.8) is 0 Å². The maximum atomic E-state index is 11.2. The van der Waals surface area contributed by atoms with Gasteiger partial charge < -0.3 is 15.7 Å². The van der Waals surface area contributed by atoms with Crippen molar-refractivity contribution in [3.05, 3.63) is 17.8 Å². The van der Waals surface area contributed by atoms with Crippen LogP contribution in [-0.2, 0) is 0 Å². The summed E-state index contributed by atoms with van der Waals surface area (Å²) in [5.74, 6) is -0.457. The predicted molar refractivity (Wildman–Crippen MR) is 66.2 cm³/mol. The van der Waals surface area contributed by atoms with Gasteiger partial charge in [0.05, 0.1) is 11.9 Å². The SMILES string of the molecule is CC1(C)CCN(c2ncc(N)cc2C(=O)O)C1.